The SMILES string of the molecule is Cl.Fn1c(C2CCCN2)nc2ccccc21. The molecule has 1 fully saturated rings. The van der Waals surface area contributed by atoms with Crippen LogP contribution in [0.3, 0.4) is 0 Å². The third-order valence-electron chi connectivity index (χ3n) is 2.90. The third-order valence-corrected chi connectivity index (χ3v) is 2.90. The fourth-order valence-corrected chi connectivity index (χ4v) is 2.14. The van der Waals surface area contributed by atoms with Crippen molar-refractivity contribution in [3.05, 3.63) is 30.1 Å². The quantitative estimate of drug-likeness (QED) is 0.832. The summed E-state index contributed by atoms with van der Waals surface area (Å²) in [5, 5.41) is 3.25. The van der Waals surface area contributed by atoms with E-state index in [2.05, 4.69) is 10.3 Å². The number of imidazole rings is 1. The first-order valence-corrected chi connectivity index (χ1v) is 5.23. The number of para-hydroxylation sites is 2. The van der Waals surface area contributed by atoms with Crippen LogP contribution in [-0.4, -0.2) is 16.3 Å². The monoisotopic (exact) mass is 241 g/mol. The summed E-state index contributed by atoms with van der Waals surface area (Å²) in [6, 6.07) is 7.36. The maximum atomic E-state index is 13.9. The van der Waals surface area contributed by atoms with Gasteiger partial charge < -0.3 is 5.32 Å². The summed E-state index contributed by atoms with van der Waals surface area (Å²) in [7, 11) is 0. The van der Waals surface area contributed by atoms with E-state index >= 15 is 0 Å². The van der Waals surface area contributed by atoms with E-state index in [0.717, 1.165) is 24.9 Å². The number of nitrogens with one attached hydrogen (secondary N) is 1. The van der Waals surface area contributed by atoms with Crippen LogP contribution in [0.2, 0.25) is 0 Å². The Morgan fingerprint density at radius 2 is 2.19 bits per heavy atom. The first-order chi connectivity index (χ1) is 7.36. The van der Waals surface area contributed by atoms with Crippen LogP contribution in [-0.2, 0) is 0 Å². The summed E-state index contributed by atoms with van der Waals surface area (Å²) in [6.07, 6.45) is 2.06. The smallest absolute Gasteiger partial charge is 0.157 e. The molecule has 2 heterocycles. The van der Waals surface area contributed by atoms with Gasteiger partial charge in [-0.05, 0) is 31.5 Å². The Labute approximate surface area is 99.0 Å². The highest BCUT2D eigenvalue weighted by Gasteiger charge is 2.23. The Morgan fingerprint density at radius 1 is 1.38 bits per heavy atom. The zero-order valence-electron chi connectivity index (χ0n) is 8.69. The molecule has 0 saturated carbocycles. The molecule has 1 N–H and O–H groups in total. The van der Waals surface area contributed by atoms with E-state index in [4.69, 9.17) is 0 Å². The maximum Gasteiger partial charge on any atom is 0.157 e. The van der Waals surface area contributed by atoms with E-state index in [0.29, 0.717) is 16.1 Å². The molecule has 1 aliphatic rings. The number of aromatic nitrogens is 2. The molecule has 1 aromatic carbocycles. The molecule has 1 aromatic heterocycles. The summed E-state index contributed by atoms with van der Waals surface area (Å²) >= 11 is 0. The Hall–Kier alpha value is -1.13. The van der Waals surface area contributed by atoms with Crippen LogP contribution >= 0.6 is 12.4 Å². The molecule has 0 amide bonds. The second kappa shape index (κ2) is 4.39. The van der Waals surface area contributed by atoms with Crippen molar-refractivity contribution in [1.82, 2.24) is 15.1 Å². The van der Waals surface area contributed by atoms with Crippen LogP contribution in [0.25, 0.3) is 11.0 Å². The van der Waals surface area contributed by atoms with Gasteiger partial charge in [0.15, 0.2) is 5.82 Å². The Bertz CT molecular complexity index is 491. The fourth-order valence-electron chi connectivity index (χ4n) is 2.14. The van der Waals surface area contributed by atoms with E-state index in [1.807, 2.05) is 18.2 Å². The minimum absolute atomic E-state index is 0. The topological polar surface area (TPSA) is 29.9 Å². The molecule has 86 valence electrons. The van der Waals surface area contributed by atoms with Gasteiger partial charge in [0.05, 0.1) is 11.6 Å². The van der Waals surface area contributed by atoms with Crippen molar-refractivity contribution < 1.29 is 4.48 Å². The molecule has 5 heteroatoms. The molecule has 0 aliphatic carbocycles. The number of fused-ring (bicyclic) bond motifs is 1. The van der Waals surface area contributed by atoms with Crippen LogP contribution in [0, 0.1) is 0 Å². The fraction of sp³-hybridized carbons (Fsp3) is 0.364. The van der Waals surface area contributed by atoms with Crippen molar-refractivity contribution in [2.45, 2.75) is 18.9 Å². The molecular weight excluding hydrogens is 229 g/mol. The van der Waals surface area contributed by atoms with Crippen molar-refractivity contribution in [3.8, 4) is 0 Å². The summed E-state index contributed by atoms with van der Waals surface area (Å²) in [4.78, 5) is 5.03. The molecule has 0 spiro atoms. The maximum absolute atomic E-state index is 13.9. The first-order valence-electron chi connectivity index (χ1n) is 5.23. The lowest BCUT2D eigenvalue weighted by Crippen LogP contribution is -2.15. The predicted octanol–water partition coefficient (Wildman–Crippen LogP) is 2.62. The van der Waals surface area contributed by atoms with Gasteiger partial charge >= 0.3 is 0 Å². The van der Waals surface area contributed by atoms with Gasteiger partial charge in [-0.25, -0.2) is 4.98 Å². The molecule has 1 unspecified atom stereocenters. The first kappa shape index (κ1) is 11.4. The van der Waals surface area contributed by atoms with Crippen molar-refractivity contribution in [2.75, 3.05) is 6.54 Å². The van der Waals surface area contributed by atoms with E-state index < -0.39 is 0 Å². The normalized spacial score (nSPS) is 19.9. The Kier molecular flexibility index (Phi) is 3.12. The number of halogens is 2. The van der Waals surface area contributed by atoms with Crippen molar-refractivity contribution >= 4 is 23.4 Å². The zero-order valence-corrected chi connectivity index (χ0v) is 9.51. The van der Waals surface area contributed by atoms with Gasteiger partial charge in [0, 0.05) is 0 Å². The summed E-state index contributed by atoms with van der Waals surface area (Å²) < 4.78 is 13.9. The third kappa shape index (κ3) is 1.68. The molecule has 16 heavy (non-hydrogen) atoms. The minimum atomic E-state index is 0. The molecule has 1 atom stereocenters. The van der Waals surface area contributed by atoms with Gasteiger partial charge in [0.2, 0.25) is 0 Å². The number of hydrogen-bond donors (Lipinski definition) is 1. The average Bonchev–Trinajstić information content (AvgIpc) is 2.87. The minimum Gasteiger partial charge on any atom is -0.307 e. The standard InChI is InChI=1S/C11H12FN3.ClH/c12-15-10-6-2-1-4-8(10)14-11(15)9-5-3-7-13-9;/h1-2,4,6,9,13H,3,5,7H2;1H. The van der Waals surface area contributed by atoms with E-state index in [1.165, 1.54) is 0 Å². The van der Waals surface area contributed by atoms with Crippen LogP contribution < -0.4 is 5.32 Å². The highest BCUT2D eigenvalue weighted by molar-refractivity contribution is 5.85. The van der Waals surface area contributed by atoms with Crippen LogP contribution in [0.5, 0.6) is 0 Å². The lowest BCUT2D eigenvalue weighted by atomic mass is 10.2. The van der Waals surface area contributed by atoms with Gasteiger partial charge in [0.1, 0.15) is 5.52 Å². The number of rotatable bonds is 1. The highest BCUT2D eigenvalue weighted by atomic mass is 35.5. The van der Waals surface area contributed by atoms with Gasteiger partial charge in [-0.1, -0.05) is 16.6 Å². The molecule has 1 saturated heterocycles. The van der Waals surface area contributed by atoms with Gasteiger partial charge in [-0.15, -0.1) is 12.4 Å². The van der Waals surface area contributed by atoms with Gasteiger partial charge in [-0.2, -0.15) is 4.79 Å². The lowest BCUT2D eigenvalue weighted by Gasteiger charge is -2.06. The molecular formula is C11H13ClFN3. The lowest BCUT2D eigenvalue weighted by molar-refractivity contribution is 0.348. The number of benzene rings is 1. The molecule has 1 aliphatic heterocycles. The Morgan fingerprint density at radius 3 is 2.88 bits per heavy atom. The van der Waals surface area contributed by atoms with Crippen molar-refractivity contribution in [2.24, 2.45) is 0 Å². The van der Waals surface area contributed by atoms with E-state index in [9.17, 15) is 4.48 Å². The van der Waals surface area contributed by atoms with Gasteiger partial charge in [-0.3, -0.25) is 0 Å². The highest BCUT2D eigenvalue weighted by Crippen LogP contribution is 2.26. The molecule has 3 nitrogen and oxygen atoms in total. The number of hydrogen-bond acceptors (Lipinski definition) is 2. The van der Waals surface area contributed by atoms with Crippen molar-refractivity contribution in [1.29, 1.82) is 0 Å². The predicted molar refractivity (Wildman–Crippen MR) is 63.5 cm³/mol. The largest absolute Gasteiger partial charge is 0.307 e. The zero-order chi connectivity index (χ0) is 10.3. The van der Waals surface area contributed by atoms with Crippen LogP contribution in [0.4, 0.5) is 4.48 Å². The molecule has 0 bridgehead atoms. The van der Waals surface area contributed by atoms with E-state index in [-0.39, 0.29) is 18.4 Å². The summed E-state index contributed by atoms with van der Waals surface area (Å²) in [5.41, 5.74) is 1.28. The van der Waals surface area contributed by atoms with Gasteiger partial charge in [0.25, 0.3) is 0 Å². The summed E-state index contributed by atoms with van der Waals surface area (Å²) in [5.74, 6) is 0.508. The Balaban J connectivity index is 0.000000963. The molecule has 0 radical (unpaired) electrons. The van der Waals surface area contributed by atoms with Crippen LogP contribution in [0.15, 0.2) is 24.3 Å². The second-order valence-electron chi connectivity index (χ2n) is 3.89. The molecule has 3 rings (SSSR count). The number of nitrogens with zero attached hydrogens (tertiary/aromatic N) is 2. The average molecular weight is 242 g/mol. The van der Waals surface area contributed by atoms with Crippen LogP contribution in [0.1, 0.15) is 24.7 Å². The van der Waals surface area contributed by atoms with Crippen molar-refractivity contribution in [3.63, 3.8) is 0 Å². The van der Waals surface area contributed by atoms with E-state index in [1.54, 1.807) is 6.07 Å². The second-order valence-corrected chi connectivity index (χ2v) is 3.89. The summed E-state index contributed by atoms with van der Waals surface area (Å²) in [6.45, 7) is 0.952. The molecule has 2 aromatic rings.